The van der Waals surface area contributed by atoms with Crippen molar-refractivity contribution in [2.45, 2.75) is 38.5 Å². The van der Waals surface area contributed by atoms with E-state index in [0.29, 0.717) is 36.3 Å². The average Bonchev–Trinajstić information content (AvgIpc) is 2.85. The van der Waals surface area contributed by atoms with Crippen LogP contribution in [0, 0.1) is 10.7 Å². The van der Waals surface area contributed by atoms with Crippen LogP contribution < -0.4 is 15.1 Å². The molecule has 0 saturated carbocycles. The third kappa shape index (κ3) is 5.65. The molecule has 204 valence electrons. The lowest BCUT2D eigenvalue weighted by atomic mass is 9.97. The molecule has 3 aromatic rings. The summed E-state index contributed by atoms with van der Waals surface area (Å²) in [5, 5.41) is 5.31. The number of pyridine rings is 2. The van der Waals surface area contributed by atoms with E-state index in [1.165, 1.54) is 13.4 Å². The van der Waals surface area contributed by atoms with Crippen LogP contribution in [0.3, 0.4) is 0 Å². The number of halogens is 1. The fourth-order valence-electron chi connectivity index (χ4n) is 5.25. The Kier molecular flexibility index (Phi) is 7.36. The molecule has 0 spiro atoms. The highest BCUT2D eigenvalue weighted by Gasteiger charge is 2.32. The maximum atomic E-state index is 14.4. The molecule has 3 aromatic heterocycles. The van der Waals surface area contributed by atoms with E-state index in [1.54, 1.807) is 12.3 Å². The second kappa shape index (κ2) is 10.6. The third-order valence-electron chi connectivity index (χ3n) is 7.18. The van der Waals surface area contributed by atoms with Crippen molar-refractivity contribution in [3.05, 3.63) is 36.3 Å². The molecule has 38 heavy (non-hydrogen) atoms. The van der Waals surface area contributed by atoms with Gasteiger partial charge in [0.25, 0.3) is 0 Å². The maximum Gasteiger partial charge on any atom is 0.227 e. The predicted molar refractivity (Wildman–Crippen MR) is 149 cm³/mol. The Labute approximate surface area is 223 Å². The number of ether oxygens (including phenoxy) is 1. The average molecular weight is 543 g/mol. The number of nitrogens with one attached hydrogen (secondary N) is 2. The van der Waals surface area contributed by atoms with Crippen molar-refractivity contribution in [2.75, 3.05) is 60.4 Å². The highest BCUT2D eigenvalue weighted by atomic mass is 32.2. The molecule has 2 fully saturated rings. The lowest BCUT2D eigenvalue weighted by molar-refractivity contribution is 0.0194. The van der Waals surface area contributed by atoms with Crippen molar-refractivity contribution >= 4 is 43.9 Å². The van der Waals surface area contributed by atoms with Gasteiger partial charge in [0.1, 0.15) is 23.6 Å². The highest BCUT2D eigenvalue weighted by molar-refractivity contribution is 7.91. The molecule has 10 nitrogen and oxygen atoms in total. The van der Waals surface area contributed by atoms with Gasteiger partial charge in [-0.25, -0.2) is 19.3 Å². The van der Waals surface area contributed by atoms with Crippen LogP contribution in [0.5, 0.6) is 0 Å². The summed E-state index contributed by atoms with van der Waals surface area (Å²) in [6, 6.07) is 3.78. The van der Waals surface area contributed by atoms with E-state index >= 15 is 0 Å². The van der Waals surface area contributed by atoms with E-state index < -0.39 is 22.0 Å². The maximum absolute atomic E-state index is 14.4. The first-order valence-electron chi connectivity index (χ1n) is 12.9. The molecule has 2 saturated heterocycles. The zero-order valence-corrected chi connectivity index (χ0v) is 23.0. The third-order valence-corrected chi connectivity index (χ3v) is 8.29. The molecule has 0 amide bonds. The predicted octanol–water partition coefficient (Wildman–Crippen LogP) is 3.96. The number of anilines is 4. The van der Waals surface area contributed by atoms with Crippen molar-refractivity contribution < 1.29 is 13.3 Å². The van der Waals surface area contributed by atoms with Crippen molar-refractivity contribution in [1.82, 2.24) is 19.9 Å². The molecule has 0 bridgehead atoms. The van der Waals surface area contributed by atoms with E-state index in [0.717, 1.165) is 35.2 Å². The summed E-state index contributed by atoms with van der Waals surface area (Å²) in [4.78, 5) is 22.4. The molecule has 0 radical (unpaired) electrons. The van der Waals surface area contributed by atoms with Gasteiger partial charge in [-0.05, 0) is 35.4 Å². The van der Waals surface area contributed by atoms with Gasteiger partial charge in [-0.1, -0.05) is 13.8 Å². The minimum atomic E-state index is -2.51. The van der Waals surface area contributed by atoms with E-state index in [2.05, 4.69) is 39.0 Å². The number of fused-ring (bicyclic) bond motifs is 1. The first-order chi connectivity index (χ1) is 18.1. The van der Waals surface area contributed by atoms with Gasteiger partial charge >= 0.3 is 0 Å². The SMILES string of the molecule is CO[C@H]1CCN(c2nccc(Nc3cc4c(C(C)C)cnc(N5CC(C[S@@](C)(=N)=O)C5)c4cn3)n2)C[C@H]1F. The second-order valence-electron chi connectivity index (χ2n) is 10.6. The van der Waals surface area contributed by atoms with Crippen LogP contribution in [0.2, 0.25) is 0 Å². The first kappa shape index (κ1) is 26.5. The molecule has 2 aliphatic rings. The van der Waals surface area contributed by atoms with Gasteiger partial charge in [-0.15, -0.1) is 0 Å². The molecule has 2 aliphatic heterocycles. The minimum Gasteiger partial charge on any atom is -0.378 e. The van der Waals surface area contributed by atoms with Crippen LogP contribution in [-0.4, -0.2) is 81.7 Å². The Bertz CT molecular complexity index is 1410. The lowest BCUT2D eigenvalue weighted by Gasteiger charge is -2.40. The van der Waals surface area contributed by atoms with Crippen LogP contribution in [0.15, 0.2) is 30.7 Å². The molecule has 0 aromatic carbocycles. The minimum absolute atomic E-state index is 0.193. The molecule has 5 heterocycles. The smallest absolute Gasteiger partial charge is 0.227 e. The monoisotopic (exact) mass is 542 g/mol. The van der Waals surface area contributed by atoms with Gasteiger partial charge < -0.3 is 19.9 Å². The normalized spacial score (nSPS) is 21.9. The second-order valence-corrected chi connectivity index (χ2v) is 13.0. The van der Waals surface area contributed by atoms with Gasteiger partial charge in [-0.2, -0.15) is 4.98 Å². The molecule has 0 aliphatic carbocycles. The van der Waals surface area contributed by atoms with Gasteiger partial charge in [-0.3, -0.25) is 8.99 Å². The number of aromatic nitrogens is 4. The summed E-state index contributed by atoms with van der Waals surface area (Å²) >= 11 is 0. The number of hydrogen-bond donors (Lipinski definition) is 2. The standard InChI is InChI=1S/C26H35FN8O2S/c1-16(2)19-10-31-25(35-12-17(13-35)15-38(4,28)36)20-11-30-24(9-18(19)20)32-23-5-7-29-26(33-23)34-8-6-22(37-3)21(27)14-34/h5,7,9-11,16-17,21-22,28H,6,8,12-15H2,1-4H3,(H,29,30,32,33)/t21-,22+,38+/m1/s1. The molecule has 0 unspecified atom stereocenters. The van der Waals surface area contributed by atoms with Crippen LogP contribution in [-0.2, 0) is 14.5 Å². The number of hydrogen-bond acceptors (Lipinski definition) is 10. The Morgan fingerprint density at radius 2 is 1.95 bits per heavy atom. The topological polar surface area (TPSA) is 120 Å². The number of rotatable bonds is 8. The Morgan fingerprint density at radius 1 is 1.16 bits per heavy atom. The largest absolute Gasteiger partial charge is 0.378 e. The van der Waals surface area contributed by atoms with Crippen molar-refractivity contribution in [3.8, 4) is 0 Å². The fraction of sp³-hybridized carbons (Fsp3) is 0.538. The van der Waals surface area contributed by atoms with E-state index in [1.807, 2.05) is 23.4 Å². The lowest BCUT2D eigenvalue weighted by Crippen LogP contribution is -2.49. The van der Waals surface area contributed by atoms with Crippen LogP contribution in [0.1, 0.15) is 31.7 Å². The van der Waals surface area contributed by atoms with E-state index in [9.17, 15) is 8.60 Å². The van der Waals surface area contributed by atoms with Crippen molar-refractivity contribution in [3.63, 3.8) is 0 Å². The molecular formula is C26H35FN8O2S. The Morgan fingerprint density at radius 3 is 2.63 bits per heavy atom. The van der Waals surface area contributed by atoms with Crippen molar-refractivity contribution in [2.24, 2.45) is 5.92 Å². The van der Waals surface area contributed by atoms with Gasteiger partial charge in [0.15, 0.2) is 0 Å². The van der Waals surface area contributed by atoms with Gasteiger partial charge in [0, 0.05) is 78.4 Å². The van der Waals surface area contributed by atoms with Crippen LogP contribution in [0.25, 0.3) is 10.8 Å². The molecule has 2 N–H and O–H groups in total. The summed E-state index contributed by atoms with van der Waals surface area (Å²) in [7, 11) is -0.968. The van der Waals surface area contributed by atoms with Gasteiger partial charge in [0.2, 0.25) is 5.95 Å². The number of alkyl halides is 1. The molecule has 12 heteroatoms. The quantitative estimate of drug-likeness (QED) is 0.436. The number of piperidine rings is 1. The van der Waals surface area contributed by atoms with Crippen LogP contribution >= 0.6 is 0 Å². The summed E-state index contributed by atoms with van der Waals surface area (Å²) < 4.78 is 39.3. The summed E-state index contributed by atoms with van der Waals surface area (Å²) in [6.07, 6.45) is 6.02. The highest BCUT2D eigenvalue weighted by Crippen LogP contribution is 2.35. The molecular weight excluding hydrogens is 507 g/mol. The number of nitrogens with zero attached hydrogens (tertiary/aromatic N) is 6. The molecule has 5 rings (SSSR count). The van der Waals surface area contributed by atoms with Gasteiger partial charge in [0.05, 0.1) is 12.6 Å². The summed E-state index contributed by atoms with van der Waals surface area (Å²) in [5.41, 5.74) is 1.12. The number of methoxy groups -OCH3 is 1. The zero-order chi connectivity index (χ0) is 27.0. The fourth-order valence-corrected chi connectivity index (χ4v) is 6.36. The summed E-state index contributed by atoms with van der Waals surface area (Å²) in [6.45, 7) is 6.56. The van der Waals surface area contributed by atoms with E-state index in [-0.39, 0.29) is 18.4 Å². The van der Waals surface area contributed by atoms with E-state index in [4.69, 9.17) is 14.5 Å². The van der Waals surface area contributed by atoms with Crippen LogP contribution in [0.4, 0.5) is 27.8 Å². The Balaban J connectivity index is 1.37. The van der Waals surface area contributed by atoms with Crippen molar-refractivity contribution in [1.29, 1.82) is 4.78 Å². The first-order valence-corrected chi connectivity index (χ1v) is 15.0. The zero-order valence-electron chi connectivity index (χ0n) is 22.2. The molecule has 3 atom stereocenters. The summed E-state index contributed by atoms with van der Waals surface area (Å²) in [5.74, 6) is 3.46. The Hall–Kier alpha value is -3.12.